The number of hydrogen-bond acceptors (Lipinski definition) is 4. The van der Waals surface area contributed by atoms with Gasteiger partial charge in [0.05, 0.1) is 10.4 Å². The van der Waals surface area contributed by atoms with Crippen molar-refractivity contribution < 1.29 is 19.8 Å². The lowest BCUT2D eigenvalue weighted by Gasteiger charge is -2.17. The van der Waals surface area contributed by atoms with Gasteiger partial charge in [0, 0.05) is 17.9 Å². The average molecular weight is 307 g/mol. The van der Waals surface area contributed by atoms with Gasteiger partial charge < -0.3 is 20.8 Å². The van der Waals surface area contributed by atoms with E-state index in [4.69, 9.17) is 21.8 Å². The summed E-state index contributed by atoms with van der Waals surface area (Å²) >= 11 is 7.13. The van der Waals surface area contributed by atoms with Gasteiger partial charge in [0.2, 0.25) is 0 Å². The highest BCUT2D eigenvalue weighted by molar-refractivity contribution is 7.16. The Morgan fingerprint density at radius 2 is 2.11 bits per heavy atom. The number of urea groups is 1. The molecule has 0 spiro atoms. The molecule has 0 saturated carbocycles. The van der Waals surface area contributed by atoms with E-state index in [0.29, 0.717) is 4.34 Å². The zero-order chi connectivity index (χ0) is 14.4. The van der Waals surface area contributed by atoms with Gasteiger partial charge in [-0.25, -0.2) is 9.59 Å². The minimum absolute atomic E-state index is 0.0397. The van der Waals surface area contributed by atoms with Crippen LogP contribution in [-0.2, 0) is 4.79 Å². The van der Waals surface area contributed by atoms with E-state index in [2.05, 4.69) is 10.6 Å². The van der Waals surface area contributed by atoms with Gasteiger partial charge in [-0.2, -0.15) is 0 Å². The molecular formula is C11H15ClN2O4S. The third-order valence-corrected chi connectivity index (χ3v) is 3.80. The topological polar surface area (TPSA) is 98.7 Å². The fourth-order valence-electron chi connectivity index (χ4n) is 1.42. The summed E-state index contributed by atoms with van der Waals surface area (Å²) in [7, 11) is 0. The zero-order valence-corrected chi connectivity index (χ0v) is 11.8. The lowest BCUT2D eigenvalue weighted by atomic mass is 10.2. The van der Waals surface area contributed by atoms with E-state index in [9.17, 15) is 9.59 Å². The number of aliphatic hydroxyl groups is 1. The first kappa shape index (κ1) is 15.7. The van der Waals surface area contributed by atoms with E-state index in [0.717, 1.165) is 4.88 Å². The number of nitrogens with one attached hydrogen (secondary N) is 2. The molecule has 0 aliphatic heterocycles. The van der Waals surface area contributed by atoms with Crippen molar-refractivity contribution >= 4 is 34.9 Å². The maximum absolute atomic E-state index is 11.6. The summed E-state index contributed by atoms with van der Waals surface area (Å²) in [5.41, 5.74) is 0. The number of amides is 2. The number of rotatable bonds is 6. The number of aliphatic carboxylic acids is 1. The van der Waals surface area contributed by atoms with E-state index in [1.807, 2.05) is 0 Å². The van der Waals surface area contributed by atoms with E-state index >= 15 is 0 Å². The van der Waals surface area contributed by atoms with Gasteiger partial charge in [-0.05, 0) is 19.1 Å². The smallest absolute Gasteiger partial charge is 0.326 e. The van der Waals surface area contributed by atoms with E-state index in [1.165, 1.54) is 11.3 Å². The Hall–Kier alpha value is -1.31. The molecule has 0 aliphatic carbocycles. The van der Waals surface area contributed by atoms with E-state index in [-0.39, 0.29) is 19.1 Å². The molecule has 1 rings (SSSR count). The van der Waals surface area contributed by atoms with Gasteiger partial charge in [-0.3, -0.25) is 0 Å². The molecule has 1 aromatic rings. The monoisotopic (exact) mass is 306 g/mol. The highest BCUT2D eigenvalue weighted by Gasteiger charge is 2.20. The lowest BCUT2D eigenvalue weighted by molar-refractivity contribution is -0.139. The van der Waals surface area contributed by atoms with Crippen molar-refractivity contribution in [3.63, 3.8) is 0 Å². The lowest BCUT2D eigenvalue weighted by Crippen LogP contribution is -2.46. The summed E-state index contributed by atoms with van der Waals surface area (Å²) in [5.74, 6) is -1.18. The SMILES string of the molecule is CC(NC(=O)N[C@H](CCO)C(=O)O)c1ccc(Cl)s1. The van der Waals surface area contributed by atoms with Crippen LogP contribution >= 0.6 is 22.9 Å². The second kappa shape index (κ2) is 7.32. The van der Waals surface area contributed by atoms with E-state index < -0.39 is 18.0 Å². The molecule has 0 saturated heterocycles. The van der Waals surface area contributed by atoms with Crippen molar-refractivity contribution in [2.24, 2.45) is 0 Å². The van der Waals surface area contributed by atoms with Crippen LogP contribution in [0.5, 0.6) is 0 Å². The number of thiophene rings is 1. The number of aliphatic hydroxyl groups excluding tert-OH is 1. The van der Waals surface area contributed by atoms with Crippen LogP contribution in [0, 0.1) is 0 Å². The Labute approximate surface area is 119 Å². The molecule has 0 bridgehead atoms. The third-order valence-electron chi connectivity index (χ3n) is 2.39. The van der Waals surface area contributed by atoms with Crippen LogP contribution < -0.4 is 10.6 Å². The van der Waals surface area contributed by atoms with Gasteiger partial charge in [0.15, 0.2) is 0 Å². The third kappa shape index (κ3) is 5.06. The second-order valence-corrected chi connectivity index (χ2v) is 5.63. The first-order chi connectivity index (χ1) is 8.93. The van der Waals surface area contributed by atoms with Crippen LogP contribution in [0.15, 0.2) is 12.1 Å². The van der Waals surface area contributed by atoms with Crippen LogP contribution in [-0.4, -0.2) is 34.9 Å². The average Bonchev–Trinajstić information content (AvgIpc) is 2.75. The number of halogens is 1. The van der Waals surface area contributed by atoms with Crippen molar-refractivity contribution in [2.45, 2.75) is 25.4 Å². The Morgan fingerprint density at radius 1 is 1.42 bits per heavy atom. The summed E-state index contributed by atoms with van der Waals surface area (Å²) in [6, 6.07) is 1.53. The van der Waals surface area contributed by atoms with Crippen molar-refractivity contribution in [2.75, 3.05) is 6.61 Å². The molecule has 19 heavy (non-hydrogen) atoms. The summed E-state index contributed by atoms with van der Waals surface area (Å²) in [6.45, 7) is 1.46. The number of carbonyl (C=O) groups excluding carboxylic acids is 1. The highest BCUT2D eigenvalue weighted by Crippen LogP contribution is 2.26. The first-order valence-electron chi connectivity index (χ1n) is 5.60. The molecule has 0 aliphatic rings. The minimum Gasteiger partial charge on any atom is -0.480 e. The second-order valence-electron chi connectivity index (χ2n) is 3.88. The zero-order valence-electron chi connectivity index (χ0n) is 10.2. The molecule has 106 valence electrons. The summed E-state index contributed by atoms with van der Waals surface area (Å²) < 4.78 is 0.618. The molecule has 1 heterocycles. The van der Waals surface area contributed by atoms with Crippen LogP contribution in [0.4, 0.5) is 4.79 Å². The van der Waals surface area contributed by atoms with Gasteiger partial charge in [-0.1, -0.05) is 11.6 Å². The van der Waals surface area contributed by atoms with Gasteiger partial charge >= 0.3 is 12.0 Å². The van der Waals surface area contributed by atoms with Crippen molar-refractivity contribution in [3.8, 4) is 0 Å². The molecule has 0 aromatic carbocycles. The van der Waals surface area contributed by atoms with Crippen molar-refractivity contribution in [1.82, 2.24) is 10.6 Å². The molecule has 2 atom stereocenters. The quantitative estimate of drug-likeness (QED) is 0.641. The maximum atomic E-state index is 11.6. The van der Waals surface area contributed by atoms with E-state index in [1.54, 1.807) is 19.1 Å². The number of carbonyl (C=O) groups is 2. The molecule has 2 amide bonds. The molecule has 0 radical (unpaired) electrons. The van der Waals surface area contributed by atoms with Gasteiger partial charge in [0.1, 0.15) is 6.04 Å². The van der Waals surface area contributed by atoms with Crippen LogP contribution in [0.3, 0.4) is 0 Å². The normalized spacial score (nSPS) is 13.6. The standard InChI is InChI=1S/C11H15ClN2O4S/c1-6(8-2-3-9(12)19-8)13-11(18)14-7(4-5-15)10(16)17/h2-3,6-7,15H,4-5H2,1H3,(H,16,17)(H2,13,14,18)/t6?,7-/m1/s1. The molecule has 8 heteroatoms. The molecule has 6 nitrogen and oxygen atoms in total. The molecular weight excluding hydrogens is 292 g/mol. The minimum atomic E-state index is -1.18. The molecule has 1 aromatic heterocycles. The molecule has 4 N–H and O–H groups in total. The van der Waals surface area contributed by atoms with Gasteiger partial charge in [-0.15, -0.1) is 11.3 Å². The molecule has 1 unspecified atom stereocenters. The largest absolute Gasteiger partial charge is 0.480 e. The Bertz CT molecular complexity index is 452. The highest BCUT2D eigenvalue weighted by atomic mass is 35.5. The predicted octanol–water partition coefficient (Wildman–Crippen LogP) is 1.60. The summed E-state index contributed by atoms with van der Waals surface area (Å²) in [5, 5.41) is 22.4. The fraction of sp³-hybridized carbons (Fsp3) is 0.455. The fourth-order valence-corrected chi connectivity index (χ4v) is 2.48. The number of hydrogen-bond donors (Lipinski definition) is 4. The molecule has 0 fully saturated rings. The number of carboxylic acid groups (broad SMARTS) is 1. The predicted molar refractivity (Wildman–Crippen MR) is 72.5 cm³/mol. The van der Waals surface area contributed by atoms with Crippen LogP contribution in [0.25, 0.3) is 0 Å². The summed E-state index contributed by atoms with van der Waals surface area (Å²) in [4.78, 5) is 23.3. The first-order valence-corrected chi connectivity index (χ1v) is 6.79. The Kier molecular flexibility index (Phi) is 6.07. The maximum Gasteiger partial charge on any atom is 0.326 e. The van der Waals surface area contributed by atoms with Crippen LogP contribution in [0.1, 0.15) is 24.3 Å². The number of carboxylic acids is 1. The van der Waals surface area contributed by atoms with Gasteiger partial charge in [0.25, 0.3) is 0 Å². The van der Waals surface area contributed by atoms with Crippen molar-refractivity contribution in [3.05, 3.63) is 21.3 Å². The Balaban J connectivity index is 2.52. The van der Waals surface area contributed by atoms with Crippen molar-refractivity contribution in [1.29, 1.82) is 0 Å². The summed E-state index contributed by atoms with van der Waals surface area (Å²) in [6.07, 6.45) is -0.0397. The Morgan fingerprint density at radius 3 is 2.58 bits per heavy atom. The van der Waals surface area contributed by atoms with Crippen LogP contribution in [0.2, 0.25) is 4.34 Å².